The summed E-state index contributed by atoms with van der Waals surface area (Å²) in [6.45, 7) is 3.71. The summed E-state index contributed by atoms with van der Waals surface area (Å²) in [4.78, 5) is 30.5. The summed E-state index contributed by atoms with van der Waals surface area (Å²) in [6.07, 6.45) is 0. The molecule has 3 aromatic rings. The Bertz CT molecular complexity index is 1230. The van der Waals surface area contributed by atoms with Crippen molar-refractivity contribution in [1.82, 2.24) is 9.55 Å². The van der Waals surface area contributed by atoms with Crippen LogP contribution in [-0.4, -0.2) is 26.5 Å². The van der Waals surface area contributed by atoms with E-state index in [-0.39, 0.29) is 23.0 Å². The van der Waals surface area contributed by atoms with Crippen LogP contribution in [0.2, 0.25) is 10.0 Å². The zero-order valence-electron chi connectivity index (χ0n) is 16.4. The first kappa shape index (κ1) is 21.8. The fraction of sp³-hybridized carbons (Fsp3) is 0.190. The normalized spacial score (nSPS) is 17.6. The highest BCUT2D eigenvalue weighted by Crippen LogP contribution is 2.44. The molecule has 0 radical (unpaired) electrons. The van der Waals surface area contributed by atoms with Gasteiger partial charge in [0, 0.05) is 33.0 Å². The third kappa shape index (κ3) is 3.63. The van der Waals surface area contributed by atoms with E-state index < -0.39 is 17.4 Å². The molecule has 0 saturated heterocycles. The van der Waals surface area contributed by atoms with Crippen molar-refractivity contribution in [3.63, 3.8) is 0 Å². The van der Waals surface area contributed by atoms with E-state index in [1.54, 1.807) is 47.0 Å². The van der Waals surface area contributed by atoms with Gasteiger partial charge >= 0.3 is 0 Å². The zero-order valence-corrected chi connectivity index (χ0v) is 19.5. The van der Waals surface area contributed by atoms with Crippen LogP contribution in [0.3, 0.4) is 0 Å². The number of aromatic nitrogens is 2. The number of aliphatic hydroxyl groups is 1. The van der Waals surface area contributed by atoms with Crippen LogP contribution >= 0.6 is 39.1 Å². The smallest absolute Gasteiger partial charge is 0.276 e. The van der Waals surface area contributed by atoms with E-state index in [1.165, 1.54) is 0 Å². The standard InChI is InChI=1S/C21H17BrCl2N4O3/c1-10(2)28-17(21(31)14-7-6-12(24)9-15(14)26-19(21)30)16(27-20(28)22)18(29)25-13-5-3-4-11(23)8-13/h3-10,31H,1-2H3,(H,25,29)(H,26,30). The van der Waals surface area contributed by atoms with Crippen LogP contribution in [-0.2, 0) is 10.4 Å². The molecule has 0 aliphatic carbocycles. The van der Waals surface area contributed by atoms with Gasteiger partial charge in [0.2, 0.25) is 5.60 Å². The minimum atomic E-state index is -2.15. The van der Waals surface area contributed by atoms with E-state index >= 15 is 0 Å². The number of amides is 2. The Labute approximate surface area is 196 Å². The van der Waals surface area contributed by atoms with Crippen molar-refractivity contribution in [2.24, 2.45) is 0 Å². The number of nitrogens with zero attached hydrogens (tertiary/aromatic N) is 2. The molecule has 160 valence electrons. The summed E-state index contributed by atoms with van der Waals surface area (Å²) in [7, 11) is 0. The van der Waals surface area contributed by atoms with Crippen LogP contribution in [0.5, 0.6) is 0 Å². The van der Waals surface area contributed by atoms with Crippen molar-refractivity contribution in [1.29, 1.82) is 0 Å². The second-order valence-electron chi connectivity index (χ2n) is 7.36. The number of hydrogen-bond acceptors (Lipinski definition) is 4. The van der Waals surface area contributed by atoms with Crippen LogP contribution in [0, 0.1) is 0 Å². The number of halogens is 3. The molecule has 1 aliphatic rings. The van der Waals surface area contributed by atoms with Gasteiger partial charge in [-0.2, -0.15) is 0 Å². The Balaban J connectivity index is 1.90. The lowest BCUT2D eigenvalue weighted by molar-refractivity contribution is -0.130. The highest BCUT2D eigenvalue weighted by molar-refractivity contribution is 9.10. The van der Waals surface area contributed by atoms with Crippen LogP contribution in [0.4, 0.5) is 11.4 Å². The van der Waals surface area contributed by atoms with Gasteiger partial charge in [-0.3, -0.25) is 9.59 Å². The molecule has 0 bridgehead atoms. The van der Waals surface area contributed by atoms with Crippen molar-refractivity contribution >= 4 is 62.3 Å². The summed E-state index contributed by atoms with van der Waals surface area (Å²) in [6, 6.07) is 11.1. The number of imidazole rings is 1. The Morgan fingerprint density at radius 2 is 1.94 bits per heavy atom. The fourth-order valence-corrected chi connectivity index (χ4v) is 4.77. The molecule has 0 fully saturated rings. The molecular formula is C21H17BrCl2N4O3. The van der Waals surface area contributed by atoms with Crippen molar-refractivity contribution in [3.8, 4) is 0 Å². The molecule has 3 N–H and O–H groups in total. The molecule has 2 amide bonds. The molecule has 0 saturated carbocycles. The first-order valence-corrected chi connectivity index (χ1v) is 10.9. The molecule has 1 aromatic heterocycles. The van der Waals surface area contributed by atoms with Gasteiger partial charge in [0.15, 0.2) is 10.4 Å². The first-order valence-electron chi connectivity index (χ1n) is 9.32. The Kier molecular flexibility index (Phi) is 5.59. The highest BCUT2D eigenvalue weighted by atomic mass is 79.9. The van der Waals surface area contributed by atoms with E-state index in [2.05, 4.69) is 31.5 Å². The molecule has 0 spiro atoms. The summed E-state index contributed by atoms with van der Waals surface area (Å²) in [5.41, 5.74) is -1.09. The lowest BCUT2D eigenvalue weighted by Crippen LogP contribution is -2.39. The van der Waals surface area contributed by atoms with Crippen molar-refractivity contribution in [2.45, 2.75) is 25.5 Å². The molecule has 10 heteroatoms. The predicted octanol–water partition coefficient (Wildman–Crippen LogP) is 4.97. The number of anilines is 2. The van der Waals surface area contributed by atoms with E-state index in [4.69, 9.17) is 23.2 Å². The topological polar surface area (TPSA) is 96.2 Å². The van der Waals surface area contributed by atoms with Crippen molar-refractivity contribution in [2.75, 3.05) is 10.6 Å². The molecule has 2 aromatic carbocycles. The number of carbonyl (C=O) groups is 2. The summed E-state index contributed by atoms with van der Waals surface area (Å²) in [5.74, 6) is -1.29. The summed E-state index contributed by atoms with van der Waals surface area (Å²) < 4.78 is 1.91. The number of nitrogens with one attached hydrogen (secondary N) is 2. The number of hydrogen-bond donors (Lipinski definition) is 3. The molecule has 1 atom stereocenters. The summed E-state index contributed by atoms with van der Waals surface area (Å²) >= 11 is 15.4. The van der Waals surface area contributed by atoms with Crippen LogP contribution in [0.15, 0.2) is 47.2 Å². The number of rotatable bonds is 4. The monoisotopic (exact) mass is 522 g/mol. The zero-order chi connectivity index (χ0) is 22.5. The number of fused-ring (bicyclic) bond motifs is 1. The third-order valence-electron chi connectivity index (χ3n) is 4.97. The van der Waals surface area contributed by atoms with E-state index in [9.17, 15) is 14.7 Å². The number of carbonyl (C=O) groups excluding carboxylic acids is 2. The van der Waals surface area contributed by atoms with Crippen molar-refractivity contribution in [3.05, 3.63) is 74.2 Å². The fourth-order valence-electron chi connectivity index (χ4n) is 3.64. The van der Waals surface area contributed by atoms with Gasteiger partial charge in [-0.05, 0) is 60.1 Å². The van der Waals surface area contributed by atoms with Gasteiger partial charge in [0.05, 0.1) is 5.69 Å². The van der Waals surface area contributed by atoms with Gasteiger partial charge in [-0.1, -0.05) is 35.3 Å². The Morgan fingerprint density at radius 3 is 2.61 bits per heavy atom. The molecule has 1 unspecified atom stereocenters. The Morgan fingerprint density at radius 1 is 1.23 bits per heavy atom. The van der Waals surface area contributed by atoms with Gasteiger partial charge in [0.1, 0.15) is 0 Å². The highest BCUT2D eigenvalue weighted by Gasteiger charge is 2.52. The second-order valence-corrected chi connectivity index (χ2v) is 8.94. The first-order chi connectivity index (χ1) is 14.6. The lowest BCUT2D eigenvalue weighted by atomic mass is 9.89. The predicted molar refractivity (Wildman–Crippen MR) is 123 cm³/mol. The van der Waals surface area contributed by atoms with E-state index in [1.807, 2.05) is 13.8 Å². The van der Waals surface area contributed by atoms with Crippen LogP contribution in [0.25, 0.3) is 0 Å². The van der Waals surface area contributed by atoms with E-state index in [0.717, 1.165) is 0 Å². The number of benzene rings is 2. The molecule has 31 heavy (non-hydrogen) atoms. The molecule has 1 aliphatic heterocycles. The largest absolute Gasteiger partial charge is 0.370 e. The maximum absolute atomic E-state index is 13.2. The molecule has 2 heterocycles. The average Bonchev–Trinajstić information content (AvgIpc) is 3.16. The van der Waals surface area contributed by atoms with Gasteiger partial charge in [0.25, 0.3) is 11.8 Å². The van der Waals surface area contributed by atoms with Gasteiger partial charge in [-0.25, -0.2) is 4.98 Å². The maximum Gasteiger partial charge on any atom is 0.276 e. The molecular weight excluding hydrogens is 507 g/mol. The summed E-state index contributed by atoms with van der Waals surface area (Å²) in [5, 5.41) is 17.9. The van der Waals surface area contributed by atoms with Crippen LogP contribution < -0.4 is 10.6 Å². The minimum Gasteiger partial charge on any atom is -0.370 e. The molecule has 4 rings (SSSR count). The van der Waals surface area contributed by atoms with Gasteiger partial charge in [-0.15, -0.1) is 0 Å². The molecule has 7 nitrogen and oxygen atoms in total. The van der Waals surface area contributed by atoms with Crippen LogP contribution in [0.1, 0.15) is 41.6 Å². The lowest BCUT2D eigenvalue weighted by Gasteiger charge is -2.26. The van der Waals surface area contributed by atoms with E-state index in [0.29, 0.717) is 26.2 Å². The quantitative estimate of drug-likeness (QED) is 0.449. The SMILES string of the molecule is CC(C)n1c(Br)nc(C(=O)Nc2cccc(Cl)c2)c1C1(O)C(=O)Nc2cc(Cl)ccc21. The second kappa shape index (κ2) is 7.94. The minimum absolute atomic E-state index is 0.0486. The maximum atomic E-state index is 13.2. The third-order valence-corrected chi connectivity index (χ3v) is 6.00. The van der Waals surface area contributed by atoms with Crippen molar-refractivity contribution < 1.29 is 14.7 Å². The Hall–Kier alpha value is -2.39. The van der Waals surface area contributed by atoms with Gasteiger partial charge < -0.3 is 20.3 Å². The average molecular weight is 524 g/mol.